The van der Waals surface area contributed by atoms with E-state index in [1.54, 1.807) is 0 Å². The van der Waals surface area contributed by atoms with E-state index in [1.165, 1.54) is 0 Å². The molecular formula is C16H22N2O. The lowest BCUT2D eigenvalue weighted by molar-refractivity contribution is -0.120. The Morgan fingerprint density at radius 3 is 2.63 bits per heavy atom. The van der Waals surface area contributed by atoms with Crippen molar-refractivity contribution in [2.24, 2.45) is 11.7 Å². The van der Waals surface area contributed by atoms with Crippen molar-refractivity contribution in [1.29, 1.82) is 0 Å². The molecule has 0 saturated heterocycles. The monoisotopic (exact) mass is 258 g/mol. The molecule has 1 aromatic carbocycles. The highest BCUT2D eigenvalue weighted by atomic mass is 16.1. The van der Waals surface area contributed by atoms with Gasteiger partial charge in [0.25, 0.3) is 0 Å². The number of benzene rings is 1. The van der Waals surface area contributed by atoms with Crippen LogP contribution in [0.25, 0.3) is 0 Å². The number of anilines is 1. The van der Waals surface area contributed by atoms with E-state index in [0.717, 1.165) is 29.7 Å². The standard InChI is InChI=1S/C16H22N2O/c1-4-13(5-2)16(19)18-15-11-12(3)8-9-14(15)7-6-10-17/h8-9,11,13H,4-5,10,17H2,1-3H3,(H,18,19). The van der Waals surface area contributed by atoms with Gasteiger partial charge in [-0.2, -0.15) is 0 Å². The summed E-state index contributed by atoms with van der Waals surface area (Å²) in [6, 6.07) is 5.84. The van der Waals surface area contributed by atoms with Crippen LogP contribution < -0.4 is 11.1 Å². The van der Waals surface area contributed by atoms with Gasteiger partial charge in [0.2, 0.25) is 5.91 Å². The molecule has 1 rings (SSSR count). The number of rotatable bonds is 4. The number of carbonyl (C=O) groups excluding carboxylic acids is 1. The third-order valence-electron chi connectivity index (χ3n) is 3.11. The van der Waals surface area contributed by atoms with Gasteiger partial charge in [0.15, 0.2) is 0 Å². The number of amides is 1. The molecule has 3 nitrogen and oxygen atoms in total. The Kier molecular flexibility index (Phi) is 6.11. The Morgan fingerprint density at radius 2 is 2.05 bits per heavy atom. The minimum atomic E-state index is 0.0517. The predicted octanol–water partition coefficient (Wildman–Crippen LogP) is 2.68. The van der Waals surface area contributed by atoms with Crippen LogP contribution in [0.2, 0.25) is 0 Å². The molecule has 1 amide bonds. The molecule has 0 aliphatic heterocycles. The van der Waals surface area contributed by atoms with Crippen molar-refractivity contribution < 1.29 is 4.79 Å². The molecule has 0 heterocycles. The zero-order chi connectivity index (χ0) is 14.3. The molecule has 0 fully saturated rings. The number of nitrogens with two attached hydrogens (primary N) is 1. The van der Waals surface area contributed by atoms with Crippen molar-refractivity contribution in [1.82, 2.24) is 0 Å². The fourth-order valence-electron chi connectivity index (χ4n) is 1.91. The molecule has 0 radical (unpaired) electrons. The quantitative estimate of drug-likeness (QED) is 0.816. The third kappa shape index (κ3) is 4.42. The summed E-state index contributed by atoms with van der Waals surface area (Å²) in [4.78, 5) is 12.1. The van der Waals surface area contributed by atoms with Gasteiger partial charge in [-0.3, -0.25) is 4.79 Å². The number of nitrogens with one attached hydrogen (secondary N) is 1. The van der Waals surface area contributed by atoms with Crippen LogP contribution in [-0.2, 0) is 4.79 Å². The second kappa shape index (κ2) is 7.60. The van der Waals surface area contributed by atoms with E-state index < -0.39 is 0 Å². The van der Waals surface area contributed by atoms with Crippen LogP contribution in [0, 0.1) is 24.7 Å². The van der Waals surface area contributed by atoms with E-state index in [-0.39, 0.29) is 11.8 Å². The van der Waals surface area contributed by atoms with E-state index in [9.17, 15) is 4.79 Å². The number of carbonyl (C=O) groups is 1. The van der Waals surface area contributed by atoms with Gasteiger partial charge in [0, 0.05) is 11.5 Å². The fraction of sp³-hybridized carbons (Fsp3) is 0.438. The van der Waals surface area contributed by atoms with Gasteiger partial charge in [0.05, 0.1) is 12.2 Å². The summed E-state index contributed by atoms with van der Waals surface area (Å²) in [6.45, 7) is 6.36. The van der Waals surface area contributed by atoms with Gasteiger partial charge >= 0.3 is 0 Å². The maximum Gasteiger partial charge on any atom is 0.227 e. The average Bonchev–Trinajstić information content (AvgIpc) is 2.39. The molecule has 0 unspecified atom stereocenters. The summed E-state index contributed by atoms with van der Waals surface area (Å²) in [5.74, 6) is 5.93. The first-order valence-corrected chi connectivity index (χ1v) is 6.72. The lowest BCUT2D eigenvalue weighted by Gasteiger charge is -2.14. The average molecular weight is 258 g/mol. The maximum atomic E-state index is 12.1. The molecule has 0 aliphatic rings. The topological polar surface area (TPSA) is 55.1 Å². The molecule has 0 saturated carbocycles. The van der Waals surface area contributed by atoms with Crippen LogP contribution in [0.15, 0.2) is 18.2 Å². The molecule has 1 aromatic rings. The minimum absolute atomic E-state index is 0.0517. The molecule has 0 aliphatic carbocycles. The Labute approximate surface area is 115 Å². The van der Waals surface area contributed by atoms with Gasteiger partial charge in [0.1, 0.15) is 0 Å². The van der Waals surface area contributed by atoms with E-state index in [4.69, 9.17) is 5.73 Å². The Morgan fingerprint density at radius 1 is 1.37 bits per heavy atom. The summed E-state index contributed by atoms with van der Waals surface area (Å²) in [5.41, 5.74) is 8.07. The van der Waals surface area contributed by atoms with Crippen molar-refractivity contribution in [3.8, 4) is 11.8 Å². The van der Waals surface area contributed by atoms with E-state index in [1.807, 2.05) is 39.0 Å². The van der Waals surface area contributed by atoms with Crippen molar-refractivity contribution >= 4 is 11.6 Å². The summed E-state index contributed by atoms with van der Waals surface area (Å²) in [5, 5.41) is 2.98. The second-order valence-electron chi connectivity index (χ2n) is 4.56. The lowest BCUT2D eigenvalue weighted by Crippen LogP contribution is -2.22. The molecule has 0 spiro atoms. The van der Waals surface area contributed by atoms with Gasteiger partial charge in [-0.05, 0) is 37.5 Å². The van der Waals surface area contributed by atoms with Crippen LogP contribution in [0.4, 0.5) is 5.69 Å². The van der Waals surface area contributed by atoms with E-state index in [2.05, 4.69) is 17.2 Å². The summed E-state index contributed by atoms with van der Waals surface area (Å²) in [7, 11) is 0. The lowest BCUT2D eigenvalue weighted by atomic mass is 10.0. The van der Waals surface area contributed by atoms with Crippen molar-refractivity contribution in [3.63, 3.8) is 0 Å². The van der Waals surface area contributed by atoms with Crippen molar-refractivity contribution in [2.75, 3.05) is 11.9 Å². The fourth-order valence-corrected chi connectivity index (χ4v) is 1.91. The predicted molar refractivity (Wildman–Crippen MR) is 79.8 cm³/mol. The number of aryl methyl sites for hydroxylation is 1. The van der Waals surface area contributed by atoms with E-state index >= 15 is 0 Å². The number of hydrogen-bond donors (Lipinski definition) is 2. The Balaban J connectivity index is 2.98. The van der Waals surface area contributed by atoms with Gasteiger partial charge in [-0.1, -0.05) is 31.8 Å². The molecule has 0 aromatic heterocycles. The highest BCUT2D eigenvalue weighted by Gasteiger charge is 2.15. The maximum absolute atomic E-state index is 12.1. The first-order valence-electron chi connectivity index (χ1n) is 6.72. The number of hydrogen-bond acceptors (Lipinski definition) is 2. The minimum Gasteiger partial charge on any atom is -0.325 e. The summed E-state index contributed by atoms with van der Waals surface area (Å²) >= 11 is 0. The molecule has 19 heavy (non-hydrogen) atoms. The Bertz CT molecular complexity index is 493. The second-order valence-corrected chi connectivity index (χ2v) is 4.56. The van der Waals surface area contributed by atoms with Crippen LogP contribution in [0.5, 0.6) is 0 Å². The molecule has 102 valence electrons. The van der Waals surface area contributed by atoms with Gasteiger partial charge in [-0.25, -0.2) is 0 Å². The third-order valence-corrected chi connectivity index (χ3v) is 3.11. The normalized spacial score (nSPS) is 9.95. The van der Waals surface area contributed by atoms with E-state index in [0.29, 0.717) is 6.54 Å². The van der Waals surface area contributed by atoms with Crippen LogP contribution in [0.1, 0.15) is 37.8 Å². The van der Waals surface area contributed by atoms with Crippen molar-refractivity contribution in [2.45, 2.75) is 33.6 Å². The van der Waals surface area contributed by atoms with Crippen LogP contribution in [-0.4, -0.2) is 12.5 Å². The summed E-state index contributed by atoms with van der Waals surface area (Å²) in [6.07, 6.45) is 1.69. The first-order chi connectivity index (χ1) is 9.12. The SMILES string of the molecule is CCC(CC)C(=O)Nc1cc(C)ccc1C#CCN. The largest absolute Gasteiger partial charge is 0.325 e. The summed E-state index contributed by atoms with van der Waals surface area (Å²) < 4.78 is 0. The zero-order valence-corrected chi connectivity index (χ0v) is 11.9. The molecule has 0 atom stereocenters. The molecule has 0 bridgehead atoms. The zero-order valence-electron chi connectivity index (χ0n) is 11.9. The van der Waals surface area contributed by atoms with Crippen LogP contribution >= 0.6 is 0 Å². The van der Waals surface area contributed by atoms with Gasteiger partial charge in [-0.15, -0.1) is 0 Å². The Hall–Kier alpha value is -1.79. The highest BCUT2D eigenvalue weighted by molar-refractivity contribution is 5.93. The highest BCUT2D eigenvalue weighted by Crippen LogP contribution is 2.19. The van der Waals surface area contributed by atoms with Crippen molar-refractivity contribution in [3.05, 3.63) is 29.3 Å². The molecule has 3 N–H and O–H groups in total. The molecular weight excluding hydrogens is 236 g/mol. The molecule has 3 heteroatoms. The first kappa shape index (κ1) is 15.3. The van der Waals surface area contributed by atoms with Crippen LogP contribution in [0.3, 0.4) is 0 Å². The van der Waals surface area contributed by atoms with Gasteiger partial charge < -0.3 is 11.1 Å². The smallest absolute Gasteiger partial charge is 0.227 e.